The molecule has 1 atom stereocenters. The highest BCUT2D eigenvalue weighted by Gasteiger charge is 2.35. The minimum atomic E-state index is -0.199. The van der Waals surface area contributed by atoms with Gasteiger partial charge in [-0.3, -0.25) is 4.90 Å². The van der Waals surface area contributed by atoms with Crippen molar-refractivity contribution in [3.05, 3.63) is 93.8 Å². The first-order chi connectivity index (χ1) is 16.5. The number of thiophene rings is 1. The monoisotopic (exact) mass is 486 g/mol. The summed E-state index contributed by atoms with van der Waals surface area (Å²) in [5, 5.41) is 10.5. The van der Waals surface area contributed by atoms with Gasteiger partial charge >= 0.3 is 0 Å². The molecular weight excluding hydrogens is 460 g/mol. The van der Waals surface area contributed by atoms with Crippen LogP contribution in [0.4, 0.5) is 5.69 Å². The van der Waals surface area contributed by atoms with Gasteiger partial charge in [-0.1, -0.05) is 48.5 Å². The lowest BCUT2D eigenvalue weighted by Crippen LogP contribution is -2.46. The Bertz CT molecular complexity index is 1370. The zero-order valence-electron chi connectivity index (χ0n) is 19.6. The Morgan fingerprint density at radius 1 is 1.06 bits per heavy atom. The van der Waals surface area contributed by atoms with Gasteiger partial charge in [-0.15, -0.1) is 11.3 Å². The van der Waals surface area contributed by atoms with E-state index in [2.05, 4.69) is 85.5 Å². The number of nitrogens with one attached hydrogen (secondary N) is 1. The van der Waals surface area contributed by atoms with Gasteiger partial charge in [-0.05, 0) is 85.2 Å². The van der Waals surface area contributed by atoms with Crippen LogP contribution >= 0.6 is 23.6 Å². The average molecular weight is 487 g/mol. The molecule has 2 aromatic carbocycles. The van der Waals surface area contributed by atoms with E-state index in [1.54, 1.807) is 11.3 Å². The van der Waals surface area contributed by atoms with Crippen LogP contribution in [0.25, 0.3) is 16.3 Å². The highest BCUT2D eigenvalue weighted by Crippen LogP contribution is 2.39. The van der Waals surface area contributed by atoms with E-state index < -0.39 is 0 Å². The smallest absolute Gasteiger partial charge is 0.258 e. The number of hydrogen-bond acceptors (Lipinski definition) is 5. The highest BCUT2D eigenvalue weighted by atomic mass is 32.1. The molecule has 34 heavy (non-hydrogen) atoms. The molecule has 1 unspecified atom stereocenters. The molecular formula is C27H26N4OS2. The number of hydrogen-bond donors (Lipinski definition) is 1. The van der Waals surface area contributed by atoms with E-state index in [9.17, 15) is 0 Å². The van der Waals surface area contributed by atoms with Gasteiger partial charge in [0.05, 0.1) is 16.5 Å². The van der Waals surface area contributed by atoms with Crippen molar-refractivity contribution in [1.82, 2.24) is 15.5 Å². The molecule has 0 amide bonds. The summed E-state index contributed by atoms with van der Waals surface area (Å²) >= 11 is 7.46. The minimum Gasteiger partial charge on any atom is -0.351 e. The number of rotatable bonds is 5. The van der Waals surface area contributed by atoms with Crippen molar-refractivity contribution >= 4 is 39.9 Å². The predicted octanol–water partition coefficient (Wildman–Crippen LogP) is 6.84. The Morgan fingerprint density at radius 2 is 1.85 bits per heavy atom. The van der Waals surface area contributed by atoms with Crippen molar-refractivity contribution in [1.29, 1.82) is 0 Å². The van der Waals surface area contributed by atoms with Gasteiger partial charge in [0.25, 0.3) is 5.89 Å². The van der Waals surface area contributed by atoms with Crippen molar-refractivity contribution in [2.75, 3.05) is 4.90 Å². The van der Waals surface area contributed by atoms with Crippen LogP contribution in [-0.2, 0) is 6.42 Å². The molecule has 0 aliphatic carbocycles. The van der Waals surface area contributed by atoms with Crippen molar-refractivity contribution in [3.63, 3.8) is 0 Å². The molecule has 172 valence electrons. The fourth-order valence-corrected chi connectivity index (χ4v) is 5.25. The topological polar surface area (TPSA) is 54.2 Å². The number of allylic oxidation sites excluding steroid dienone is 1. The van der Waals surface area contributed by atoms with Gasteiger partial charge in [0.15, 0.2) is 5.11 Å². The fraction of sp³-hybridized carbons (Fsp3) is 0.222. The van der Waals surface area contributed by atoms with Crippen LogP contribution in [0, 0.1) is 13.8 Å². The summed E-state index contributed by atoms with van der Waals surface area (Å²) in [5.41, 5.74) is 7.76. The first kappa shape index (κ1) is 22.5. The largest absolute Gasteiger partial charge is 0.351 e. The Balaban J connectivity index is 1.65. The number of benzene rings is 2. The molecule has 4 aromatic rings. The summed E-state index contributed by atoms with van der Waals surface area (Å²) in [4.78, 5) is 7.81. The third kappa shape index (κ3) is 4.06. The molecule has 5 nitrogen and oxygen atoms in total. The lowest BCUT2D eigenvalue weighted by Gasteiger charge is -2.37. The first-order valence-corrected chi connectivity index (χ1v) is 12.6. The van der Waals surface area contributed by atoms with Crippen molar-refractivity contribution in [2.24, 2.45) is 0 Å². The molecule has 0 bridgehead atoms. The van der Waals surface area contributed by atoms with E-state index in [4.69, 9.17) is 21.7 Å². The normalized spacial score (nSPS) is 16.2. The Kier molecular flexibility index (Phi) is 6.06. The van der Waals surface area contributed by atoms with Crippen molar-refractivity contribution in [3.8, 4) is 10.7 Å². The van der Waals surface area contributed by atoms with Crippen LogP contribution in [0.1, 0.15) is 48.0 Å². The number of anilines is 1. The lowest BCUT2D eigenvalue weighted by molar-refractivity contribution is 0.404. The number of thiocarbonyl (C=S) groups is 1. The first-order valence-electron chi connectivity index (χ1n) is 11.3. The molecule has 0 saturated carbocycles. The second-order valence-corrected chi connectivity index (χ2v) is 9.82. The standard InChI is InChI=1S/C27H26N4OS2/c1-5-19-9-12-21(13-10-19)31-18(4)23(26-29-25(30-32-26)22-7-6-14-34-22)24(28-27(31)33)20-11-8-16(2)17(3)15-20/h6-15,24H,5H2,1-4H3,(H,28,33). The minimum absolute atomic E-state index is 0.199. The molecule has 5 rings (SSSR count). The third-order valence-corrected chi connectivity index (χ3v) is 7.52. The van der Waals surface area contributed by atoms with Crippen LogP contribution in [0.2, 0.25) is 0 Å². The van der Waals surface area contributed by atoms with Crippen LogP contribution < -0.4 is 10.2 Å². The Hall–Kier alpha value is -3.29. The second-order valence-electron chi connectivity index (χ2n) is 8.48. The molecule has 0 fully saturated rings. The van der Waals surface area contributed by atoms with E-state index in [1.165, 1.54) is 16.7 Å². The van der Waals surface area contributed by atoms with Crippen LogP contribution in [0.15, 0.2) is 70.2 Å². The molecule has 2 aromatic heterocycles. The van der Waals surface area contributed by atoms with E-state index in [0.717, 1.165) is 33.8 Å². The maximum atomic E-state index is 5.87. The molecule has 0 saturated heterocycles. The SMILES string of the molecule is CCc1ccc(N2C(=S)NC(c3ccc(C)c(C)c3)C(c3nc(-c4cccs4)no3)=C2C)cc1. The van der Waals surface area contributed by atoms with Gasteiger partial charge in [0.1, 0.15) is 0 Å². The van der Waals surface area contributed by atoms with Crippen LogP contribution in [-0.4, -0.2) is 15.3 Å². The second kappa shape index (κ2) is 9.16. The van der Waals surface area contributed by atoms with Gasteiger partial charge in [0.2, 0.25) is 5.82 Å². The summed E-state index contributed by atoms with van der Waals surface area (Å²) in [6.45, 7) is 8.46. The van der Waals surface area contributed by atoms with Gasteiger partial charge in [-0.25, -0.2) is 0 Å². The zero-order valence-corrected chi connectivity index (χ0v) is 21.3. The third-order valence-electron chi connectivity index (χ3n) is 6.35. The van der Waals surface area contributed by atoms with Crippen LogP contribution in [0.5, 0.6) is 0 Å². The van der Waals surface area contributed by atoms with Crippen LogP contribution in [0.3, 0.4) is 0 Å². The molecule has 1 aliphatic heterocycles. The molecule has 1 aliphatic rings. The summed E-state index contributed by atoms with van der Waals surface area (Å²) in [5.74, 6) is 1.09. The summed E-state index contributed by atoms with van der Waals surface area (Å²) in [6.07, 6.45) is 0.991. The van der Waals surface area contributed by atoms with E-state index in [-0.39, 0.29) is 6.04 Å². The van der Waals surface area contributed by atoms with Gasteiger partial charge in [0, 0.05) is 11.4 Å². The number of aromatic nitrogens is 2. The summed E-state index contributed by atoms with van der Waals surface area (Å²) < 4.78 is 5.84. The number of nitrogens with zero attached hydrogens (tertiary/aromatic N) is 3. The maximum absolute atomic E-state index is 5.87. The Morgan fingerprint density at radius 3 is 2.53 bits per heavy atom. The molecule has 7 heteroatoms. The highest BCUT2D eigenvalue weighted by molar-refractivity contribution is 7.80. The summed E-state index contributed by atoms with van der Waals surface area (Å²) in [7, 11) is 0. The van der Waals surface area contributed by atoms with Crippen molar-refractivity contribution in [2.45, 2.75) is 40.2 Å². The number of aryl methyl sites for hydroxylation is 3. The average Bonchev–Trinajstić information content (AvgIpc) is 3.53. The summed E-state index contributed by atoms with van der Waals surface area (Å²) in [6, 6.07) is 18.8. The van der Waals surface area contributed by atoms with Gasteiger partial charge < -0.3 is 9.84 Å². The van der Waals surface area contributed by atoms with E-state index in [1.807, 2.05) is 17.5 Å². The Labute approximate surface area is 209 Å². The lowest BCUT2D eigenvalue weighted by atomic mass is 9.92. The van der Waals surface area contributed by atoms with E-state index >= 15 is 0 Å². The maximum Gasteiger partial charge on any atom is 0.258 e. The zero-order chi connectivity index (χ0) is 23.8. The fourth-order valence-electron chi connectivity index (χ4n) is 4.24. The van der Waals surface area contributed by atoms with Crippen molar-refractivity contribution < 1.29 is 4.52 Å². The predicted molar refractivity (Wildman–Crippen MR) is 143 cm³/mol. The quantitative estimate of drug-likeness (QED) is 0.312. The molecule has 0 radical (unpaired) electrons. The molecule has 0 spiro atoms. The van der Waals surface area contributed by atoms with Gasteiger partial charge in [-0.2, -0.15) is 4.98 Å². The molecule has 1 N–H and O–H groups in total. The molecule has 3 heterocycles. The van der Waals surface area contributed by atoms with E-state index in [0.29, 0.717) is 16.8 Å².